The van der Waals surface area contributed by atoms with Gasteiger partial charge in [0.15, 0.2) is 5.16 Å². The molecule has 0 aliphatic rings. The van der Waals surface area contributed by atoms with Crippen molar-refractivity contribution >= 4 is 44.4 Å². The van der Waals surface area contributed by atoms with Crippen molar-refractivity contribution < 1.29 is 12.9 Å². The van der Waals surface area contributed by atoms with Gasteiger partial charge in [-0.3, -0.25) is 0 Å². The lowest BCUT2D eigenvalue weighted by molar-refractivity contribution is 0.391. The van der Waals surface area contributed by atoms with Gasteiger partial charge in [-0.05, 0) is 37.3 Å². The lowest BCUT2D eigenvalue weighted by atomic mass is 10.2. The standard InChI is InChI=1S/C18H16ClN5O3S2/c1-2-24-15-7-6-13(29(20,25)26)9-14(15)21-18(24)28-10-16-22-17(23-27-16)11-4-3-5-12(19)8-11/h3-9H,2,10H2,1H3,(H2,20,25,26). The van der Waals surface area contributed by atoms with Gasteiger partial charge in [0.05, 0.1) is 21.7 Å². The number of hydrogen-bond donors (Lipinski definition) is 1. The van der Waals surface area contributed by atoms with Crippen molar-refractivity contribution in [1.82, 2.24) is 19.7 Å². The summed E-state index contributed by atoms with van der Waals surface area (Å²) in [6.45, 7) is 2.66. The van der Waals surface area contributed by atoms with Gasteiger partial charge in [0.2, 0.25) is 21.7 Å². The zero-order chi connectivity index (χ0) is 20.6. The van der Waals surface area contributed by atoms with Crippen LogP contribution in [0.3, 0.4) is 0 Å². The molecule has 0 aliphatic heterocycles. The van der Waals surface area contributed by atoms with Crippen molar-refractivity contribution in [3.63, 3.8) is 0 Å². The van der Waals surface area contributed by atoms with Crippen LogP contribution in [0.4, 0.5) is 0 Å². The summed E-state index contributed by atoms with van der Waals surface area (Å²) >= 11 is 7.43. The number of sulfonamides is 1. The highest BCUT2D eigenvalue weighted by atomic mass is 35.5. The van der Waals surface area contributed by atoms with E-state index in [0.717, 1.165) is 16.2 Å². The first kappa shape index (κ1) is 19.9. The topological polar surface area (TPSA) is 117 Å². The Morgan fingerprint density at radius 1 is 1.21 bits per heavy atom. The van der Waals surface area contributed by atoms with E-state index < -0.39 is 10.0 Å². The second-order valence-corrected chi connectivity index (χ2v) is 9.09. The Morgan fingerprint density at radius 3 is 2.76 bits per heavy atom. The van der Waals surface area contributed by atoms with E-state index in [1.165, 1.54) is 23.9 Å². The zero-order valence-corrected chi connectivity index (χ0v) is 17.6. The fraction of sp³-hybridized carbons (Fsp3) is 0.167. The van der Waals surface area contributed by atoms with E-state index in [4.69, 9.17) is 21.3 Å². The van der Waals surface area contributed by atoms with Gasteiger partial charge in [-0.1, -0.05) is 40.7 Å². The van der Waals surface area contributed by atoms with Crippen molar-refractivity contribution in [2.45, 2.75) is 29.3 Å². The summed E-state index contributed by atoms with van der Waals surface area (Å²) < 4.78 is 30.5. The van der Waals surface area contributed by atoms with E-state index in [9.17, 15) is 8.42 Å². The number of aryl methyl sites for hydroxylation is 1. The first-order valence-electron chi connectivity index (χ1n) is 8.59. The van der Waals surface area contributed by atoms with E-state index in [-0.39, 0.29) is 4.90 Å². The van der Waals surface area contributed by atoms with Crippen LogP contribution in [-0.4, -0.2) is 28.1 Å². The fourth-order valence-electron chi connectivity index (χ4n) is 2.86. The number of nitrogens with two attached hydrogens (primary N) is 1. The molecule has 0 aliphatic carbocycles. The van der Waals surface area contributed by atoms with Crippen LogP contribution in [0.5, 0.6) is 0 Å². The maximum atomic E-state index is 11.6. The van der Waals surface area contributed by atoms with Crippen molar-refractivity contribution in [3.8, 4) is 11.4 Å². The predicted octanol–water partition coefficient (Wildman–Crippen LogP) is 3.70. The van der Waals surface area contributed by atoms with Crippen molar-refractivity contribution in [3.05, 3.63) is 53.4 Å². The Hall–Kier alpha value is -2.40. The molecule has 2 heterocycles. The summed E-state index contributed by atoms with van der Waals surface area (Å²) in [5.74, 6) is 1.33. The van der Waals surface area contributed by atoms with Crippen LogP contribution in [0.25, 0.3) is 22.4 Å². The number of primary sulfonamides is 1. The van der Waals surface area contributed by atoms with Gasteiger partial charge in [-0.25, -0.2) is 18.5 Å². The van der Waals surface area contributed by atoms with E-state index in [2.05, 4.69) is 15.1 Å². The Morgan fingerprint density at radius 2 is 2.03 bits per heavy atom. The summed E-state index contributed by atoms with van der Waals surface area (Å²) in [6, 6.07) is 11.9. The van der Waals surface area contributed by atoms with Crippen LogP contribution in [0.15, 0.2) is 57.0 Å². The predicted molar refractivity (Wildman–Crippen MR) is 111 cm³/mol. The highest BCUT2D eigenvalue weighted by Crippen LogP contribution is 2.28. The molecule has 0 unspecified atom stereocenters. The Kier molecular flexibility index (Phi) is 5.34. The average Bonchev–Trinajstić information content (AvgIpc) is 3.29. The van der Waals surface area contributed by atoms with Crippen LogP contribution in [0, 0.1) is 0 Å². The molecule has 0 atom stereocenters. The zero-order valence-electron chi connectivity index (χ0n) is 15.2. The van der Waals surface area contributed by atoms with Crippen LogP contribution < -0.4 is 5.14 Å². The number of rotatable bonds is 6. The normalized spacial score (nSPS) is 12.0. The fourth-order valence-corrected chi connectivity index (χ4v) is 4.50. The van der Waals surface area contributed by atoms with E-state index >= 15 is 0 Å². The number of aromatic nitrogens is 4. The third-order valence-electron chi connectivity index (χ3n) is 4.21. The molecular formula is C18H16ClN5O3S2. The SMILES string of the molecule is CCn1c(SCc2nc(-c3cccc(Cl)c3)no2)nc2cc(S(N)(=O)=O)ccc21. The van der Waals surface area contributed by atoms with Gasteiger partial charge in [0.25, 0.3) is 0 Å². The van der Waals surface area contributed by atoms with Crippen molar-refractivity contribution in [2.75, 3.05) is 0 Å². The summed E-state index contributed by atoms with van der Waals surface area (Å²) in [7, 11) is -3.79. The minimum absolute atomic E-state index is 0.0327. The number of imidazole rings is 1. The molecule has 4 aromatic rings. The van der Waals surface area contributed by atoms with Gasteiger partial charge in [-0.2, -0.15) is 4.98 Å². The smallest absolute Gasteiger partial charge is 0.238 e. The van der Waals surface area contributed by atoms with Crippen LogP contribution in [0.2, 0.25) is 5.02 Å². The molecule has 0 bridgehead atoms. The molecule has 0 radical (unpaired) electrons. The third-order valence-corrected chi connectivity index (χ3v) is 6.31. The van der Waals surface area contributed by atoms with Crippen molar-refractivity contribution in [1.29, 1.82) is 0 Å². The van der Waals surface area contributed by atoms with Gasteiger partial charge in [0, 0.05) is 17.1 Å². The summed E-state index contributed by atoms with van der Waals surface area (Å²) in [5.41, 5.74) is 2.16. The Labute approximate surface area is 176 Å². The average molecular weight is 450 g/mol. The lowest BCUT2D eigenvalue weighted by Gasteiger charge is -2.04. The van der Waals surface area contributed by atoms with E-state index in [1.54, 1.807) is 18.2 Å². The molecule has 8 nitrogen and oxygen atoms in total. The van der Waals surface area contributed by atoms with E-state index in [0.29, 0.717) is 34.6 Å². The summed E-state index contributed by atoms with van der Waals surface area (Å²) in [4.78, 5) is 8.98. The molecule has 0 amide bonds. The summed E-state index contributed by atoms with van der Waals surface area (Å²) in [5, 5.41) is 10.5. The highest BCUT2D eigenvalue weighted by Gasteiger charge is 2.16. The molecule has 0 saturated heterocycles. The molecule has 4 rings (SSSR count). The van der Waals surface area contributed by atoms with Gasteiger partial charge < -0.3 is 9.09 Å². The molecule has 2 N–H and O–H groups in total. The molecule has 0 spiro atoms. The first-order valence-corrected chi connectivity index (χ1v) is 11.5. The molecule has 2 aromatic carbocycles. The van der Waals surface area contributed by atoms with Gasteiger partial charge in [-0.15, -0.1) is 0 Å². The second-order valence-electron chi connectivity index (χ2n) is 6.14. The number of halogens is 1. The maximum Gasteiger partial charge on any atom is 0.238 e. The molecule has 150 valence electrons. The minimum atomic E-state index is -3.79. The number of hydrogen-bond acceptors (Lipinski definition) is 7. The van der Waals surface area contributed by atoms with Crippen LogP contribution >= 0.6 is 23.4 Å². The molecular weight excluding hydrogens is 434 g/mol. The van der Waals surface area contributed by atoms with Crippen molar-refractivity contribution in [2.24, 2.45) is 5.14 Å². The largest absolute Gasteiger partial charge is 0.338 e. The summed E-state index contributed by atoms with van der Waals surface area (Å²) in [6.07, 6.45) is 0. The Bertz CT molecular complexity index is 1300. The molecule has 0 fully saturated rings. The minimum Gasteiger partial charge on any atom is -0.338 e. The quantitative estimate of drug-likeness (QED) is 0.446. The van der Waals surface area contributed by atoms with Gasteiger partial charge >= 0.3 is 0 Å². The maximum absolute atomic E-state index is 11.6. The molecule has 11 heteroatoms. The highest BCUT2D eigenvalue weighted by molar-refractivity contribution is 7.98. The number of fused-ring (bicyclic) bond motifs is 1. The number of thioether (sulfide) groups is 1. The van der Waals surface area contributed by atoms with Crippen LogP contribution in [0.1, 0.15) is 12.8 Å². The second kappa shape index (κ2) is 7.79. The monoisotopic (exact) mass is 449 g/mol. The number of benzene rings is 2. The van der Waals surface area contributed by atoms with Gasteiger partial charge in [0.1, 0.15) is 0 Å². The Balaban J connectivity index is 1.58. The molecule has 29 heavy (non-hydrogen) atoms. The van der Waals surface area contributed by atoms with E-state index in [1.807, 2.05) is 23.6 Å². The molecule has 2 aromatic heterocycles. The lowest BCUT2D eigenvalue weighted by Crippen LogP contribution is -2.11. The third kappa shape index (κ3) is 4.15. The number of nitrogens with zero attached hydrogens (tertiary/aromatic N) is 4. The van der Waals surface area contributed by atoms with Crippen LogP contribution in [-0.2, 0) is 22.3 Å². The molecule has 0 saturated carbocycles. The first-order chi connectivity index (χ1) is 13.8.